The molecule has 1 aromatic carbocycles. The van der Waals surface area contributed by atoms with Crippen molar-refractivity contribution >= 4 is 28.3 Å². The van der Waals surface area contributed by atoms with E-state index in [2.05, 4.69) is 22.6 Å². The number of nitro benzene ring substituents is 1. The number of ether oxygens (including phenoxy) is 1. The van der Waals surface area contributed by atoms with Crippen LogP contribution in [-0.4, -0.2) is 22.1 Å². The molecule has 86 valence electrons. The molecule has 2 rings (SSSR count). The van der Waals surface area contributed by atoms with E-state index in [4.69, 9.17) is 4.74 Å². The lowest BCUT2D eigenvalue weighted by molar-refractivity contribution is -0.384. The lowest BCUT2D eigenvalue weighted by atomic mass is 9.96. The molecule has 0 spiro atoms. The van der Waals surface area contributed by atoms with Crippen LogP contribution in [0.3, 0.4) is 0 Å². The number of non-ortho nitro benzene ring substituents is 1. The molecule has 1 heterocycles. The lowest BCUT2D eigenvalue weighted by Gasteiger charge is -2.07. The van der Waals surface area contributed by atoms with Crippen molar-refractivity contribution < 1.29 is 9.66 Å². The van der Waals surface area contributed by atoms with Crippen LogP contribution in [0.15, 0.2) is 24.3 Å². The second-order valence-corrected chi connectivity index (χ2v) is 4.78. The van der Waals surface area contributed by atoms with E-state index >= 15 is 0 Å². The molecule has 1 aliphatic rings. The van der Waals surface area contributed by atoms with E-state index in [1.807, 2.05) is 6.07 Å². The summed E-state index contributed by atoms with van der Waals surface area (Å²) in [5.74, 6) is 0.305. The van der Waals surface area contributed by atoms with Crippen LogP contribution in [0, 0.1) is 10.1 Å². The van der Waals surface area contributed by atoms with Crippen molar-refractivity contribution in [2.24, 2.45) is 0 Å². The zero-order valence-electron chi connectivity index (χ0n) is 8.64. The van der Waals surface area contributed by atoms with Crippen molar-refractivity contribution in [1.82, 2.24) is 0 Å². The van der Waals surface area contributed by atoms with Gasteiger partial charge >= 0.3 is 0 Å². The van der Waals surface area contributed by atoms with Gasteiger partial charge < -0.3 is 4.74 Å². The average molecular weight is 333 g/mol. The van der Waals surface area contributed by atoms with Gasteiger partial charge in [0, 0.05) is 22.5 Å². The molecule has 0 aliphatic carbocycles. The number of halogens is 1. The summed E-state index contributed by atoms with van der Waals surface area (Å²) in [4.78, 5) is 10.3. The highest BCUT2D eigenvalue weighted by molar-refractivity contribution is 14.1. The van der Waals surface area contributed by atoms with Gasteiger partial charge in [-0.3, -0.25) is 10.1 Å². The van der Waals surface area contributed by atoms with Gasteiger partial charge in [-0.2, -0.15) is 0 Å². The van der Waals surface area contributed by atoms with Gasteiger partial charge in [-0.15, -0.1) is 0 Å². The molecule has 1 aromatic rings. The minimum Gasteiger partial charge on any atom is -0.377 e. The van der Waals surface area contributed by atoms with Crippen LogP contribution in [0.1, 0.15) is 17.9 Å². The van der Waals surface area contributed by atoms with Crippen LogP contribution in [-0.2, 0) is 4.74 Å². The van der Waals surface area contributed by atoms with Crippen molar-refractivity contribution in [3.05, 3.63) is 39.9 Å². The van der Waals surface area contributed by atoms with E-state index in [-0.39, 0.29) is 10.6 Å². The zero-order valence-corrected chi connectivity index (χ0v) is 10.8. The second-order valence-electron chi connectivity index (χ2n) is 3.89. The molecule has 2 atom stereocenters. The zero-order chi connectivity index (χ0) is 11.5. The van der Waals surface area contributed by atoms with Gasteiger partial charge in [0.25, 0.3) is 5.69 Å². The highest BCUT2D eigenvalue weighted by atomic mass is 127. The van der Waals surface area contributed by atoms with Crippen molar-refractivity contribution in [3.63, 3.8) is 0 Å². The molecule has 0 radical (unpaired) electrons. The van der Waals surface area contributed by atoms with Gasteiger partial charge in [-0.25, -0.2) is 0 Å². The van der Waals surface area contributed by atoms with Gasteiger partial charge in [0.1, 0.15) is 0 Å². The van der Waals surface area contributed by atoms with Crippen LogP contribution in [0.2, 0.25) is 0 Å². The predicted molar refractivity (Wildman–Crippen MR) is 69.1 cm³/mol. The van der Waals surface area contributed by atoms with Crippen LogP contribution in [0.4, 0.5) is 5.69 Å². The molecule has 1 fully saturated rings. The number of benzene rings is 1. The van der Waals surface area contributed by atoms with E-state index in [9.17, 15) is 10.1 Å². The molecule has 0 unspecified atom stereocenters. The van der Waals surface area contributed by atoms with Crippen molar-refractivity contribution in [2.75, 3.05) is 11.0 Å². The Morgan fingerprint density at radius 3 is 3.00 bits per heavy atom. The van der Waals surface area contributed by atoms with E-state index in [0.717, 1.165) is 16.4 Å². The van der Waals surface area contributed by atoms with Gasteiger partial charge in [0.05, 0.1) is 17.6 Å². The van der Waals surface area contributed by atoms with Gasteiger partial charge in [-0.1, -0.05) is 34.7 Å². The van der Waals surface area contributed by atoms with Crippen LogP contribution < -0.4 is 0 Å². The van der Waals surface area contributed by atoms with Crippen LogP contribution in [0.25, 0.3) is 0 Å². The molecule has 0 bridgehead atoms. The highest BCUT2D eigenvalue weighted by Gasteiger charge is 2.26. The third-order valence-corrected chi connectivity index (χ3v) is 3.79. The highest BCUT2D eigenvalue weighted by Crippen LogP contribution is 2.31. The quantitative estimate of drug-likeness (QED) is 0.370. The number of rotatable bonds is 3. The summed E-state index contributed by atoms with van der Waals surface area (Å²) in [6.45, 7) is 0.675. The largest absolute Gasteiger partial charge is 0.377 e. The Kier molecular flexibility index (Phi) is 3.75. The molecule has 1 aliphatic heterocycles. The Labute approximate surface area is 107 Å². The molecule has 0 saturated carbocycles. The molecule has 16 heavy (non-hydrogen) atoms. The fourth-order valence-corrected chi connectivity index (χ4v) is 2.55. The number of hydrogen-bond donors (Lipinski definition) is 0. The van der Waals surface area contributed by atoms with Crippen LogP contribution >= 0.6 is 22.6 Å². The molecule has 4 nitrogen and oxygen atoms in total. The smallest absolute Gasteiger partial charge is 0.269 e. The summed E-state index contributed by atoms with van der Waals surface area (Å²) >= 11 is 2.30. The van der Waals surface area contributed by atoms with E-state index < -0.39 is 0 Å². The van der Waals surface area contributed by atoms with Crippen LogP contribution in [0.5, 0.6) is 0 Å². The third kappa shape index (κ3) is 2.52. The minimum absolute atomic E-state index is 0.162. The summed E-state index contributed by atoms with van der Waals surface area (Å²) in [7, 11) is 0. The molecular weight excluding hydrogens is 321 g/mol. The molecular formula is C11H12INO3. The molecule has 0 aromatic heterocycles. The summed E-state index contributed by atoms with van der Waals surface area (Å²) in [5.41, 5.74) is 1.18. The standard InChI is InChI=1S/C11H12INO3/c12-6-11-5-9(7-16-11)8-2-1-3-10(4-8)13(14)15/h1-4,9,11H,5-7H2/t9-,11+/m0/s1. The number of nitro groups is 1. The topological polar surface area (TPSA) is 52.4 Å². The first-order valence-electron chi connectivity index (χ1n) is 5.12. The predicted octanol–water partition coefficient (Wildman–Crippen LogP) is 2.90. The third-order valence-electron chi connectivity index (χ3n) is 2.81. The maximum Gasteiger partial charge on any atom is 0.269 e. The Bertz CT molecular complexity index is 397. The van der Waals surface area contributed by atoms with Gasteiger partial charge in [0.15, 0.2) is 0 Å². The van der Waals surface area contributed by atoms with Gasteiger partial charge in [0.2, 0.25) is 0 Å². The monoisotopic (exact) mass is 333 g/mol. The maximum absolute atomic E-state index is 10.7. The summed E-state index contributed by atoms with van der Waals surface area (Å²) in [5, 5.41) is 10.7. The van der Waals surface area contributed by atoms with Crippen molar-refractivity contribution in [2.45, 2.75) is 18.4 Å². The van der Waals surface area contributed by atoms with E-state index in [1.165, 1.54) is 6.07 Å². The Morgan fingerprint density at radius 2 is 2.38 bits per heavy atom. The average Bonchev–Trinajstić information content (AvgIpc) is 2.77. The summed E-state index contributed by atoms with van der Waals surface area (Å²) < 4.78 is 6.57. The number of hydrogen-bond acceptors (Lipinski definition) is 3. The van der Waals surface area contributed by atoms with Gasteiger partial charge in [-0.05, 0) is 12.0 Å². The second kappa shape index (κ2) is 5.09. The first-order valence-corrected chi connectivity index (χ1v) is 6.65. The fraction of sp³-hybridized carbons (Fsp3) is 0.455. The fourth-order valence-electron chi connectivity index (χ4n) is 1.94. The normalized spacial score (nSPS) is 24.6. The molecule has 1 saturated heterocycles. The lowest BCUT2D eigenvalue weighted by Crippen LogP contribution is -2.05. The first-order chi connectivity index (χ1) is 7.70. The molecule has 0 N–H and O–H groups in total. The summed E-state index contributed by atoms with van der Waals surface area (Å²) in [6, 6.07) is 6.86. The van der Waals surface area contributed by atoms with E-state index in [1.54, 1.807) is 12.1 Å². The number of nitrogens with zero attached hydrogens (tertiary/aromatic N) is 1. The molecule has 5 heteroatoms. The molecule has 0 amide bonds. The minimum atomic E-state index is -0.352. The SMILES string of the molecule is O=[N+]([O-])c1cccc([C@@H]2CO[C@@H](CI)C2)c1. The maximum atomic E-state index is 10.7. The van der Waals surface area contributed by atoms with Crippen molar-refractivity contribution in [3.8, 4) is 0 Å². The Hall–Kier alpha value is -0.690. The van der Waals surface area contributed by atoms with E-state index in [0.29, 0.717) is 18.6 Å². The first kappa shape index (κ1) is 11.8. The Morgan fingerprint density at radius 1 is 1.56 bits per heavy atom. The Balaban J connectivity index is 2.15. The summed E-state index contributed by atoms with van der Waals surface area (Å²) in [6.07, 6.45) is 1.26. The number of alkyl halides is 1. The van der Waals surface area contributed by atoms with Crippen molar-refractivity contribution in [1.29, 1.82) is 0 Å².